The summed E-state index contributed by atoms with van der Waals surface area (Å²) in [7, 11) is -1.21. The number of nitrogens with one attached hydrogen (secondary N) is 1. The number of aliphatic carboxylic acids is 1. The molecule has 2 N–H and O–H groups in total. The zero-order valence-electron chi connectivity index (χ0n) is 13.1. The molecule has 0 bridgehead atoms. The number of carbonyl (C=O) groups is 1. The van der Waals surface area contributed by atoms with Crippen molar-refractivity contribution in [2.24, 2.45) is 5.92 Å². The molecule has 21 heavy (non-hydrogen) atoms. The van der Waals surface area contributed by atoms with E-state index >= 15 is 0 Å². The standard InChI is InChI=1S/C11H14FNO3S.C4H10/c1-7(11(14)15)8-3-4-9(10(12)5-8)6-13-17(2)16;1-4(2)3/h3-5,7,13H,6H2,1-2H3,(H,14,15);4H,1-3H3. The summed E-state index contributed by atoms with van der Waals surface area (Å²) in [5.74, 6) is -1.40. The Bertz CT molecular complexity index is 489. The second-order valence-electron chi connectivity index (χ2n) is 5.42. The summed E-state index contributed by atoms with van der Waals surface area (Å²) in [5, 5.41) is 8.80. The van der Waals surface area contributed by atoms with E-state index < -0.39 is 28.7 Å². The van der Waals surface area contributed by atoms with Crippen molar-refractivity contribution in [1.29, 1.82) is 0 Å². The summed E-state index contributed by atoms with van der Waals surface area (Å²) >= 11 is 0. The molecule has 0 amide bonds. The van der Waals surface area contributed by atoms with Crippen molar-refractivity contribution in [1.82, 2.24) is 4.72 Å². The van der Waals surface area contributed by atoms with Crippen LogP contribution in [0, 0.1) is 11.7 Å². The molecule has 1 aromatic carbocycles. The molecule has 0 aromatic heterocycles. The summed E-state index contributed by atoms with van der Waals surface area (Å²) in [6.45, 7) is 8.15. The predicted octanol–water partition coefficient (Wildman–Crippen LogP) is 3.06. The fourth-order valence-electron chi connectivity index (χ4n) is 1.30. The van der Waals surface area contributed by atoms with Crippen LogP contribution in [0.5, 0.6) is 0 Å². The van der Waals surface area contributed by atoms with Gasteiger partial charge in [0.05, 0.1) is 16.9 Å². The number of benzene rings is 1. The molecule has 4 nitrogen and oxygen atoms in total. The van der Waals surface area contributed by atoms with Crippen molar-refractivity contribution in [3.8, 4) is 0 Å². The first-order chi connectivity index (χ1) is 9.65. The van der Waals surface area contributed by atoms with Gasteiger partial charge in [0.2, 0.25) is 0 Å². The lowest BCUT2D eigenvalue weighted by atomic mass is 10.00. The molecule has 1 rings (SSSR count). The minimum Gasteiger partial charge on any atom is -0.481 e. The Kier molecular flexibility index (Phi) is 9.05. The van der Waals surface area contributed by atoms with Gasteiger partial charge < -0.3 is 5.11 Å². The Morgan fingerprint density at radius 3 is 2.24 bits per heavy atom. The van der Waals surface area contributed by atoms with Crippen molar-refractivity contribution in [3.05, 3.63) is 35.1 Å². The lowest BCUT2D eigenvalue weighted by Crippen LogP contribution is -2.16. The predicted molar refractivity (Wildman–Crippen MR) is 83.9 cm³/mol. The normalized spacial score (nSPS) is 13.3. The fourth-order valence-corrected chi connectivity index (χ4v) is 1.66. The summed E-state index contributed by atoms with van der Waals surface area (Å²) < 4.78 is 27.0. The zero-order valence-corrected chi connectivity index (χ0v) is 14.0. The van der Waals surface area contributed by atoms with E-state index in [1.165, 1.54) is 25.3 Å². The van der Waals surface area contributed by atoms with Crippen LogP contribution in [0.15, 0.2) is 18.2 Å². The lowest BCUT2D eigenvalue weighted by Gasteiger charge is -2.09. The van der Waals surface area contributed by atoms with Crippen LogP contribution in [0.4, 0.5) is 4.39 Å². The summed E-state index contributed by atoms with van der Waals surface area (Å²) in [6.07, 6.45) is 1.46. The van der Waals surface area contributed by atoms with Gasteiger partial charge in [-0.05, 0) is 24.5 Å². The molecule has 0 saturated carbocycles. The highest BCUT2D eigenvalue weighted by atomic mass is 32.2. The van der Waals surface area contributed by atoms with Crippen molar-refractivity contribution < 1.29 is 18.5 Å². The van der Waals surface area contributed by atoms with E-state index in [0.29, 0.717) is 11.1 Å². The van der Waals surface area contributed by atoms with E-state index in [-0.39, 0.29) is 6.54 Å². The number of carboxylic acid groups (broad SMARTS) is 1. The molecule has 0 saturated heterocycles. The lowest BCUT2D eigenvalue weighted by molar-refractivity contribution is -0.138. The molecule has 2 unspecified atom stereocenters. The first-order valence-electron chi connectivity index (χ1n) is 6.73. The van der Waals surface area contributed by atoms with Crippen LogP contribution in [0.3, 0.4) is 0 Å². The van der Waals surface area contributed by atoms with Gasteiger partial charge >= 0.3 is 5.97 Å². The Labute approximate surface area is 128 Å². The molecule has 0 heterocycles. The van der Waals surface area contributed by atoms with E-state index in [4.69, 9.17) is 5.11 Å². The fraction of sp³-hybridized carbons (Fsp3) is 0.533. The van der Waals surface area contributed by atoms with Crippen LogP contribution in [0.1, 0.15) is 44.7 Å². The average Bonchev–Trinajstić information content (AvgIpc) is 2.35. The highest BCUT2D eigenvalue weighted by Crippen LogP contribution is 2.18. The van der Waals surface area contributed by atoms with Gasteiger partial charge in [-0.1, -0.05) is 32.9 Å². The number of hydrogen-bond donors (Lipinski definition) is 2. The quantitative estimate of drug-likeness (QED) is 0.877. The van der Waals surface area contributed by atoms with Crippen LogP contribution < -0.4 is 4.72 Å². The highest BCUT2D eigenvalue weighted by Gasteiger charge is 2.15. The molecule has 0 radical (unpaired) electrons. The monoisotopic (exact) mass is 317 g/mol. The molecule has 2 atom stereocenters. The summed E-state index contributed by atoms with van der Waals surface area (Å²) in [4.78, 5) is 10.7. The van der Waals surface area contributed by atoms with Gasteiger partial charge in [-0.15, -0.1) is 0 Å². The van der Waals surface area contributed by atoms with Gasteiger partial charge in [0.25, 0.3) is 0 Å². The van der Waals surface area contributed by atoms with Crippen LogP contribution in [0.25, 0.3) is 0 Å². The van der Waals surface area contributed by atoms with E-state index in [1.54, 1.807) is 6.07 Å². The third-order valence-corrected chi connectivity index (χ3v) is 2.96. The maximum Gasteiger partial charge on any atom is 0.310 e. The minimum atomic E-state index is -1.21. The third kappa shape index (κ3) is 8.57. The minimum absolute atomic E-state index is 0.149. The van der Waals surface area contributed by atoms with E-state index in [0.717, 1.165) is 5.92 Å². The highest BCUT2D eigenvalue weighted by molar-refractivity contribution is 7.82. The first-order valence-corrected chi connectivity index (χ1v) is 8.29. The van der Waals surface area contributed by atoms with Crippen LogP contribution in [-0.2, 0) is 22.3 Å². The van der Waals surface area contributed by atoms with E-state index in [9.17, 15) is 13.4 Å². The molecular formula is C15H24FNO3S. The zero-order chi connectivity index (χ0) is 16.6. The average molecular weight is 317 g/mol. The Morgan fingerprint density at radius 1 is 1.33 bits per heavy atom. The molecule has 0 fully saturated rings. The molecule has 6 heteroatoms. The van der Waals surface area contributed by atoms with Gasteiger partial charge in [-0.3, -0.25) is 4.79 Å². The smallest absolute Gasteiger partial charge is 0.310 e. The Hall–Kier alpha value is -1.27. The van der Waals surface area contributed by atoms with Crippen LogP contribution in [0.2, 0.25) is 0 Å². The van der Waals surface area contributed by atoms with Gasteiger partial charge in [0.1, 0.15) is 5.82 Å². The largest absolute Gasteiger partial charge is 0.481 e. The summed E-state index contributed by atoms with van der Waals surface area (Å²) in [6, 6.07) is 4.27. The van der Waals surface area contributed by atoms with Gasteiger partial charge in [-0.2, -0.15) is 0 Å². The van der Waals surface area contributed by atoms with E-state index in [2.05, 4.69) is 25.5 Å². The first kappa shape index (κ1) is 19.7. The molecule has 0 aliphatic heterocycles. The molecule has 1 aromatic rings. The number of hydrogen-bond acceptors (Lipinski definition) is 2. The van der Waals surface area contributed by atoms with Gasteiger partial charge in [0, 0.05) is 18.4 Å². The number of rotatable bonds is 5. The SMILES string of the molecule is CC(C(=O)O)c1ccc(CNS(C)=O)c(F)c1.CC(C)C. The molecule has 0 aliphatic carbocycles. The third-order valence-electron chi connectivity index (χ3n) is 2.41. The Balaban J connectivity index is 0.000000885. The van der Waals surface area contributed by atoms with Crippen molar-refractivity contribution >= 4 is 17.0 Å². The second kappa shape index (κ2) is 9.63. The molecular weight excluding hydrogens is 293 g/mol. The van der Waals surface area contributed by atoms with Crippen molar-refractivity contribution in [2.75, 3.05) is 6.26 Å². The van der Waals surface area contributed by atoms with Crippen molar-refractivity contribution in [2.45, 2.75) is 40.2 Å². The maximum absolute atomic E-state index is 13.6. The van der Waals surface area contributed by atoms with Crippen LogP contribution in [-0.4, -0.2) is 21.5 Å². The van der Waals surface area contributed by atoms with E-state index in [1.807, 2.05) is 0 Å². The second-order valence-corrected chi connectivity index (χ2v) is 6.61. The molecule has 120 valence electrons. The Morgan fingerprint density at radius 2 is 1.86 bits per heavy atom. The summed E-state index contributed by atoms with van der Waals surface area (Å²) in [5.41, 5.74) is 0.776. The molecule has 0 aliphatic rings. The molecule has 0 spiro atoms. The van der Waals surface area contributed by atoms with Crippen LogP contribution >= 0.6 is 0 Å². The topological polar surface area (TPSA) is 66.4 Å². The maximum atomic E-state index is 13.6. The van der Waals surface area contributed by atoms with Gasteiger partial charge in [0.15, 0.2) is 0 Å². The number of carboxylic acids is 1. The van der Waals surface area contributed by atoms with Gasteiger partial charge in [-0.25, -0.2) is 13.3 Å². The van der Waals surface area contributed by atoms with Crippen molar-refractivity contribution in [3.63, 3.8) is 0 Å². The number of halogens is 1.